The number of benzene rings is 4. The van der Waals surface area contributed by atoms with Gasteiger partial charge >= 0.3 is 0 Å². The minimum atomic E-state index is -1.93. The molecular weight excluding hydrogens is 1400 g/mol. The first-order chi connectivity index (χ1) is 50.9. The minimum Gasteiger partial charge on any atom is -0.394 e. The van der Waals surface area contributed by atoms with Crippen LogP contribution in [0.4, 0.5) is 11.4 Å². The summed E-state index contributed by atoms with van der Waals surface area (Å²) in [4.78, 5) is 88.2. The zero-order valence-corrected chi connectivity index (χ0v) is 59.0. The Morgan fingerprint density at radius 3 is 1.22 bits per heavy atom. The third-order valence-electron chi connectivity index (χ3n) is 20.5. The number of nitrogens with zero attached hydrogens (tertiary/aromatic N) is 4. The van der Waals surface area contributed by atoms with Crippen molar-refractivity contribution in [3.8, 4) is 0 Å². The number of amides is 6. The molecule has 0 aliphatic carbocycles. The summed E-state index contributed by atoms with van der Waals surface area (Å²) in [6.07, 6.45) is -15.9. The van der Waals surface area contributed by atoms with E-state index in [1.165, 1.54) is 0 Å². The fourth-order valence-corrected chi connectivity index (χ4v) is 14.9. The molecule has 4 saturated heterocycles. The second-order valence-corrected chi connectivity index (χ2v) is 28.3. The van der Waals surface area contributed by atoms with E-state index in [1.807, 2.05) is 122 Å². The van der Waals surface area contributed by atoms with Crippen molar-refractivity contribution in [2.75, 3.05) is 70.6 Å². The Balaban J connectivity index is 0.902. The van der Waals surface area contributed by atoms with E-state index in [0.29, 0.717) is 0 Å². The third kappa shape index (κ3) is 17.3. The second kappa shape index (κ2) is 34.6. The van der Waals surface area contributed by atoms with E-state index in [4.69, 9.17) is 18.9 Å². The van der Waals surface area contributed by atoms with Crippen LogP contribution < -0.4 is 26.2 Å². The van der Waals surface area contributed by atoms with E-state index in [0.717, 1.165) is 65.3 Å². The quantitative estimate of drug-likeness (QED) is 0.0205. The number of carbonyl (C=O) groups is 6. The molecule has 20 atom stereocenters. The van der Waals surface area contributed by atoms with Crippen LogP contribution in [0.2, 0.25) is 0 Å². The normalized spacial score (nSPS) is 31.5. The molecule has 6 aliphatic heterocycles. The van der Waals surface area contributed by atoms with Crippen LogP contribution in [0.5, 0.6) is 0 Å². The van der Waals surface area contributed by atoms with Gasteiger partial charge in [0.1, 0.15) is 124 Å². The molecule has 0 unspecified atom stereocenters. The Kier molecular flexibility index (Phi) is 26.3. The van der Waals surface area contributed by atoms with Crippen molar-refractivity contribution in [1.82, 2.24) is 31.1 Å². The van der Waals surface area contributed by atoms with Crippen LogP contribution in [0, 0.1) is 0 Å². The average molecular weight is 1500 g/mol. The van der Waals surface area contributed by atoms with E-state index in [1.54, 1.807) is 30.4 Å². The smallest absolute Gasteiger partial charge is 0.240 e. The lowest BCUT2D eigenvalue weighted by Crippen LogP contribution is -2.65. The fraction of sp³-hybridized carbons (Fsp3) is 0.521. The predicted molar refractivity (Wildman–Crippen MR) is 377 cm³/mol. The van der Waals surface area contributed by atoms with Gasteiger partial charge in [0.25, 0.3) is 0 Å². The van der Waals surface area contributed by atoms with Crippen molar-refractivity contribution in [3.05, 3.63) is 132 Å². The molecule has 0 spiro atoms. The number of ether oxygens (including phenoxy) is 4. The van der Waals surface area contributed by atoms with Crippen LogP contribution in [0.3, 0.4) is 0 Å². The first-order valence-electron chi connectivity index (χ1n) is 35.0. The molecule has 4 aromatic rings. The monoisotopic (exact) mass is 1500 g/mol. The predicted octanol–water partition coefficient (Wildman–Crippen LogP) is -6.18. The van der Waals surface area contributed by atoms with Crippen LogP contribution >= 0.6 is 0 Å². The summed E-state index contributed by atoms with van der Waals surface area (Å²) >= 11 is 0. The molecule has 34 nitrogen and oxygen atoms in total. The lowest BCUT2D eigenvalue weighted by Gasteiger charge is -2.40. The fourth-order valence-electron chi connectivity index (χ4n) is 14.9. The molecule has 0 bridgehead atoms. The second-order valence-electron chi connectivity index (χ2n) is 28.3. The highest BCUT2D eigenvalue weighted by Crippen LogP contribution is 2.51. The van der Waals surface area contributed by atoms with Crippen molar-refractivity contribution in [2.45, 2.75) is 174 Å². The highest BCUT2D eigenvalue weighted by atomic mass is 16.6. The van der Waals surface area contributed by atoms with Gasteiger partial charge in [0.15, 0.2) is 37.4 Å². The Bertz CT molecular complexity index is 3960. The number of allylic oxidation sites excluding steroid dienone is 8. The maximum atomic E-state index is 14.7. The molecule has 6 aliphatic rings. The molecule has 0 radical (unpaired) electrons. The van der Waals surface area contributed by atoms with Crippen LogP contribution in [0.15, 0.2) is 121 Å². The van der Waals surface area contributed by atoms with Gasteiger partial charge in [-0.05, 0) is 59.2 Å². The largest absolute Gasteiger partial charge is 0.394 e. The number of aliphatic hydroxyl groups excluding tert-OH is 16. The molecule has 6 amide bonds. The zero-order chi connectivity index (χ0) is 77.7. The lowest BCUT2D eigenvalue weighted by atomic mass is 9.79. The Morgan fingerprint density at radius 1 is 0.449 bits per heavy atom. The number of hydrogen-bond donors (Lipinski definition) is 20. The van der Waals surface area contributed by atoms with Crippen molar-refractivity contribution in [1.29, 1.82) is 0 Å². The van der Waals surface area contributed by atoms with E-state index < -0.39 is 221 Å². The van der Waals surface area contributed by atoms with Crippen LogP contribution in [0.1, 0.15) is 51.7 Å². The number of carbonyl (C=O) groups excluding carboxylic acids is 6. The Morgan fingerprint density at radius 2 is 0.813 bits per heavy atom. The maximum Gasteiger partial charge on any atom is 0.240 e. The summed E-state index contributed by atoms with van der Waals surface area (Å²) < 4.78 is 22.7. The van der Waals surface area contributed by atoms with Gasteiger partial charge in [-0.15, -0.1) is 0 Å². The molecule has 107 heavy (non-hydrogen) atoms. The first kappa shape index (κ1) is 81.4. The highest BCUT2D eigenvalue weighted by Gasteiger charge is 2.51. The van der Waals surface area contributed by atoms with Gasteiger partial charge in [0.2, 0.25) is 41.1 Å². The molecule has 4 aromatic carbocycles. The van der Waals surface area contributed by atoms with Crippen LogP contribution in [-0.2, 0) is 58.5 Å². The van der Waals surface area contributed by atoms with Gasteiger partial charge in [-0.3, -0.25) is 28.8 Å². The average Bonchev–Trinajstić information content (AvgIpc) is 1.58. The van der Waals surface area contributed by atoms with E-state index in [-0.39, 0.29) is 25.9 Å². The summed E-state index contributed by atoms with van der Waals surface area (Å²) in [5, 5.41) is 180. The summed E-state index contributed by atoms with van der Waals surface area (Å²) in [5.41, 5.74) is 3.26. The number of rotatable bonds is 26. The minimum absolute atomic E-state index is 0.0517. The van der Waals surface area contributed by atoms with Crippen molar-refractivity contribution >= 4 is 74.1 Å². The summed E-state index contributed by atoms with van der Waals surface area (Å²) in [7, 11) is 0. The third-order valence-corrected chi connectivity index (χ3v) is 20.5. The lowest BCUT2D eigenvalue weighted by molar-refractivity contribution is -0.436. The summed E-state index contributed by atoms with van der Waals surface area (Å²) in [6.45, 7) is 1.21. The van der Waals surface area contributed by atoms with Gasteiger partial charge in [0, 0.05) is 47.5 Å². The zero-order valence-electron chi connectivity index (χ0n) is 59.0. The molecule has 34 heteroatoms. The number of nitrogens with one attached hydrogen (secondary N) is 4. The van der Waals surface area contributed by atoms with Crippen LogP contribution in [-0.4, -0.2) is 326 Å². The number of hydrogen-bond acceptors (Lipinski definition) is 27. The first-order valence-corrected chi connectivity index (χ1v) is 35.0. The summed E-state index contributed by atoms with van der Waals surface area (Å²) in [5.74, 6) is -5.72. The Labute approximate surface area is 613 Å². The molecule has 0 aromatic heterocycles. The van der Waals surface area contributed by atoms with Gasteiger partial charge in [0.05, 0.1) is 38.3 Å². The molecule has 582 valence electrons. The molecule has 4 fully saturated rings. The summed E-state index contributed by atoms with van der Waals surface area (Å²) in [6, 6.07) is 16.5. The van der Waals surface area contributed by atoms with Crippen molar-refractivity contribution < 1.29 is 134 Å². The van der Waals surface area contributed by atoms with Gasteiger partial charge in [-0.2, -0.15) is 4.58 Å². The number of anilines is 1. The molecule has 6 heterocycles. The Hall–Kier alpha value is -8.15. The van der Waals surface area contributed by atoms with Crippen LogP contribution in [0.25, 0.3) is 21.5 Å². The number of aliphatic hydroxyl groups is 16. The van der Waals surface area contributed by atoms with Crippen molar-refractivity contribution in [2.24, 2.45) is 0 Å². The van der Waals surface area contributed by atoms with Gasteiger partial charge < -0.3 is 137 Å². The molecule has 0 saturated carbocycles. The topological polar surface area (TPSA) is 524 Å². The highest BCUT2D eigenvalue weighted by molar-refractivity contribution is 6.08. The molecule has 10 rings (SSSR count). The molecular formula is C73H95N8O26+. The van der Waals surface area contributed by atoms with E-state index in [9.17, 15) is 110 Å². The number of fused-ring (bicyclic) bond motifs is 6. The standard InChI is InChI=1S/C73H94N8O26/c1-72(2)46(80(40-22-20-36-14-10-12-16-38(36)54(40)72)26-24-52(90)78(28-48(86)74-56-64(96)60(92)42(32-82)104-68(56)100)29-49(87)75-57-65(97)61(93)43(33-83)105-69(57)101)18-8-6-5-7-9-19-47-73(3,4)55-39-17-13-11-15-37(39)21-23-41(55)81(47)27-25-53(91)79(30-50(88)76-58-66(98)62(94)44(34-84)106-70(58)102)31-51(89)77-59-67(99)63(95)45(35-85)107-71(59)103/h5-23,42-45,56-71,82-85,92-103H,24-35H2,1-4H3,(H3-,74,75,76,77,86,87,88,89)/p+1/t42-,43-,44-,45-,56-,57-,58-,59-,60-,61-,62-,63-,64-,65-,66-,67-,68-,69-,70-,71-/m1/s1. The van der Waals surface area contributed by atoms with Crippen molar-refractivity contribution in [3.63, 3.8) is 0 Å². The van der Waals surface area contributed by atoms with Gasteiger partial charge in [-0.1, -0.05) is 98.8 Å². The SMILES string of the molecule is CC1(C)C(=CC=CC=CC=CC2=[N+](CCC(=O)N(CC(=O)N[C@@H]3[C@@H](O)[C@H](O)[C@@H](CO)O[C@H]3O)CC(=O)N[C@@H]3[C@@H](O)[C@H](O)[C@@H](CO)O[C@H]3O)c3ccc4ccccc4c3C2(C)C)N(CCC(=O)N(CC(=O)N[C@@H]2[C@@H](O)[C@H](O)[C@@H](CO)O[C@H]2O)CC(=O)N[C@@H]2[C@@H](O)[C@H](O)[C@@H](CO)O[C@H]2O)c2ccc3ccccc3c21. The van der Waals surface area contributed by atoms with E-state index >= 15 is 0 Å². The maximum absolute atomic E-state index is 14.7. The van der Waals surface area contributed by atoms with Gasteiger partial charge in [-0.25, -0.2) is 0 Å². The van der Waals surface area contributed by atoms with E-state index in [2.05, 4.69) is 21.3 Å². The molecule has 20 N–H and O–H groups in total.